The average Bonchev–Trinajstić information content (AvgIpc) is 2.78. The fourth-order valence-electron chi connectivity index (χ4n) is 4.28. The third-order valence-electron chi connectivity index (χ3n) is 6.15. The number of hydrogen-bond donors (Lipinski definition) is 4. The van der Waals surface area contributed by atoms with Gasteiger partial charge in [0.05, 0.1) is 33.5 Å². The van der Waals surface area contributed by atoms with Crippen molar-refractivity contribution in [2.24, 2.45) is 0 Å². The molecule has 10 heteroatoms. The van der Waals surface area contributed by atoms with Crippen LogP contribution in [0.25, 0.3) is 10.9 Å². The van der Waals surface area contributed by atoms with Gasteiger partial charge in [0.2, 0.25) is 5.43 Å². The van der Waals surface area contributed by atoms with E-state index in [1.54, 1.807) is 4.57 Å². The second kappa shape index (κ2) is 8.44. The summed E-state index contributed by atoms with van der Waals surface area (Å²) in [6.07, 6.45) is 1.93. The van der Waals surface area contributed by atoms with Gasteiger partial charge < -0.3 is 36.1 Å². The van der Waals surface area contributed by atoms with E-state index in [9.17, 15) is 14.7 Å². The zero-order valence-corrected chi connectivity index (χ0v) is 19.3. The lowest BCUT2D eigenvalue weighted by atomic mass is 9.98. The van der Waals surface area contributed by atoms with Gasteiger partial charge in [0, 0.05) is 26.3 Å². The van der Waals surface area contributed by atoms with Crippen LogP contribution in [-0.4, -0.2) is 42.4 Å². The second-order valence-corrected chi connectivity index (χ2v) is 9.06. The Labute approximate surface area is 195 Å². The first-order chi connectivity index (χ1) is 16.0. The van der Waals surface area contributed by atoms with Crippen molar-refractivity contribution < 1.29 is 19.0 Å². The van der Waals surface area contributed by atoms with Crippen molar-refractivity contribution in [2.45, 2.75) is 25.8 Å². The summed E-state index contributed by atoms with van der Waals surface area (Å²) < 4.78 is 22.9. The zero-order valence-electron chi connectivity index (χ0n) is 19.3. The standard InChI is InChI=1S/C24H28FN5O4/c1-24(2)12-34-22-19(28-9-6-10-29(3)15-8-5-4-7-14(15)26)17(25)18(27)16-20(22)30(24)11-13(21(16)31)23(32)33/h4-5,7-8,11,28H,6,9-10,12,26-27H2,1-3H3,(H,32,33). The van der Waals surface area contributed by atoms with Crippen molar-refractivity contribution in [3.05, 3.63) is 52.1 Å². The number of para-hydroxylation sites is 2. The minimum Gasteiger partial charge on any atom is -0.487 e. The highest BCUT2D eigenvalue weighted by molar-refractivity contribution is 6.03. The van der Waals surface area contributed by atoms with Crippen LogP contribution in [0.15, 0.2) is 35.3 Å². The fourth-order valence-corrected chi connectivity index (χ4v) is 4.28. The maximum Gasteiger partial charge on any atom is 0.341 e. The summed E-state index contributed by atoms with van der Waals surface area (Å²) in [7, 11) is 1.92. The lowest BCUT2D eigenvalue weighted by Gasteiger charge is -2.36. The summed E-state index contributed by atoms with van der Waals surface area (Å²) >= 11 is 0. The Morgan fingerprint density at radius 3 is 2.71 bits per heavy atom. The minimum absolute atomic E-state index is 0.0543. The van der Waals surface area contributed by atoms with Crippen LogP contribution >= 0.6 is 0 Å². The van der Waals surface area contributed by atoms with Crippen molar-refractivity contribution in [3.8, 4) is 5.75 Å². The van der Waals surface area contributed by atoms with Gasteiger partial charge in [-0.15, -0.1) is 0 Å². The number of carboxylic acids is 1. The predicted molar refractivity (Wildman–Crippen MR) is 132 cm³/mol. The summed E-state index contributed by atoms with van der Waals surface area (Å²) in [5.74, 6) is -2.09. The Balaban J connectivity index is 1.69. The van der Waals surface area contributed by atoms with E-state index in [1.807, 2.05) is 50.1 Å². The van der Waals surface area contributed by atoms with Gasteiger partial charge in [-0.2, -0.15) is 0 Å². The Hall–Kier alpha value is -3.95. The maximum absolute atomic E-state index is 15.4. The molecule has 0 saturated heterocycles. The number of pyridine rings is 1. The molecule has 2 heterocycles. The first-order valence-electron chi connectivity index (χ1n) is 10.9. The molecule has 3 aromatic rings. The number of anilines is 4. The van der Waals surface area contributed by atoms with Crippen LogP contribution in [-0.2, 0) is 5.54 Å². The lowest BCUT2D eigenvalue weighted by molar-refractivity contribution is 0.0693. The molecule has 4 rings (SSSR count). The van der Waals surface area contributed by atoms with Gasteiger partial charge in [0.15, 0.2) is 11.6 Å². The van der Waals surface area contributed by atoms with Crippen molar-refractivity contribution in [1.29, 1.82) is 0 Å². The molecule has 6 N–H and O–H groups in total. The van der Waals surface area contributed by atoms with E-state index < -0.39 is 34.0 Å². The Kier molecular flexibility index (Phi) is 5.76. The monoisotopic (exact) mass is 469 g/mol. The third-order valence-corrected chi connectivity index (χ3v) is 6.15. The van der Waals surface area contributed by atoms with E-state index in [4.69, 9.17) is 16.2 Å². The fraction of sp³-hybridized carbons (Fsp3) is 0.333. The molecule has 1 aliphatic rings. The van der Waals surface area contributed by atoms with Crippen LogP contribution in [0, 0.1) is 5.82 Å². The van der Waals surface area contributed by atoms with Gasteiger partial charge in [0.1, 0.15) is 17.9 Å². The van der Waals surface area contributed by atoms with E-state index in [-0.39, 0.29) is 28.9 Å². The Morgan fingerprint density at radius 1 is 1.32 bits per heavy atom. The summed E-state index contributed by atoms with van der Waals surface area (Å²) in [6, 6.07) is 7.53. The number of nitrogens with two attached hydrogens (primary N) is 2. The van der Waals surface area contributed by atoms with Crippen molar-refractivity contribution in [3.63, 3.8) is 0 Å². The molecule has 180 valence electrons. The number of hydrogen-bond acceptors (Lipinski definition) is 7. The molecule has 0 bridgehead atoms. The van der Waals surface area contributed by atoms with E-state index in [0.717, 1.165) is 5.69 Å². The first-order valence-corrected chi connectivity index (χ1v) is 10.9. The Morgan fingerprint density at radius 2 is 2.03 bits per heavy atom. The normalized spacial score (nSPS) is 14.0. The number of rotatable bonds is 7. The zero-order chi connectivity index (χ0) is 24.8. The van der Waals surface area contributed by atoms with Crippen LogP contribution in [0.5, 0.6) is 5.75 Å². The number of aromatic nitrogens is 1. The largest absolute Gasteiger partial charge is 0.487 e. The third kappa shape index (κ3) is 3.74. The highest BCUT2D eigenvalue weighted by Crippen LogP contribution is 2.44. The predicted octanol–water partition coefficient (Wildman–Crippen LogP) is 3.07. The molecule has 0 amide bonds. The van der Waals surface area contributed by atoms with E-state index in [2.05, 4.69) is 5.32 Å². The quantitative estimate of drug-likeness (QED) is 0.306. The summed E-state index contributed by atoms with van der Waals surface area (Å²) in [4.78, 5) is 26.5. The molecule has 1 aromatic heterocycles. The van der Waals surface area contributed by atoms with Gasteiger partial charge in [-0.05, 0) is 32.4 Å². The van der Waals surface area contributed by atoms with Gasteiger partial charge in [-0.1, -0.05) is 12.1 Å². The van der Waals surface area contributed by atoms with Crippen LogP contribution < -0.4 is 31.8 Å². The van der Waals surface area contributed by atoms with Gasteiger partial charge in [-0.25, -0.2) is 9.18 Å². The summed E-state index contributed by atoms with van der Waals surface area (Å²) in [6.45, 7) is 4.88. The van der Waals surface area contributed by atoms with E-state index in [0.29, 0.717) is 25.2 Å². The van der Waals surface area contributed by atoms with Crippen LogP contribution in [0.2, 0.25) is 0 Å². The van der Waals surface area contributed by atoms with Crippen LogP contribution in [0.1, 0.15) is 30.6 Å². The van der Waals surface area contributed by atoms with Gasteiger partial charge >= 0.3 is 5.97 Å². The topological polar surface area (TPSA) is 136 Å². The number of nitrogens with zero attached hydrogens (tertiary/aromatic N) is 2. The van der Waals surface area contributed by atoms with E-state index >= 15 is 4.39 Å². The first kappa shape index (κ1) is 23.2. The molecule has 34 heavy (non-hydrogen) atoms. The maximum atomic E-state index is 15.4. The van der Waals surface area contributed by atoms with Crippen LogP contribution in [0.3, 0.4) is 0 Å². The average molecular weight is 470 g/mol. The Bertz CT molecular complexity index is 1350. The number of nitrogens with one attached hydrogen (secondary N) is 1. The smallest absolute Gasteiger partial charge is 0.341 e. The highest BCUT2D eigenvalue weighted by atomic mass is 19.1. The van der Waals surface area contributed by atoms with Gasteiger partial charge in [0.25, 0.3) is 0 Å². The molecule has 0 fully saturated rings. The number of nitrogen functional groups attached to an aromatic ring is 2. The summed E-state index contributed by atoms with van der Waals surface area (Å²) in [5.41, 5.74) is 11.6. The molecule has 2 aromatic carbocycles. The molecule has 0 unspecified atom stereocenters. The molecule has 0 aliphatic carbocycles. The number of benzene rings is 2. The highest BCUT2D eigenvalue weighted by Gasteiger charge is 2.35. The molecule has 0 saturated carbocycles. The van der Waals surface area contributed by atoms with E-state index in [1.165, 1.54) is 6.20 Å². The van der Waals surface area contributed by atoms with Crippen molar-refractivity contribution in [1.82, 2.24) is 4.57 Å². The number of carbonyl (C=O) groups is 1. The molecule has 9 nitrogen and oxygen atoms in total. The van der Waals surface area contributed by atoms with Crippen molar-refractivity contribution in [2.75, 3.05) is 48.4 Å². The van der Waals surface area contributed by atoms with Crippen molar-refractivity contribution >= 4 is 39.6 Å². The minimum atomic E-state index is -1.40. The molecule has 0 spiro atoms. The number of halogens is 1. The number of carboxylic acid groups (broad SMARTS) is 1. The molecular formula is C24H28FN5O4. The number of aromatic carboxylic acids is 1. The number of ether oxygens (including phenoxy) is 1. The SMILES string of the molecule is CN(CCCNc1c(F)c(N)c2c(=O)c(C(=O)O)cn3c2c1OCC3(C)C)c1ccccc1N. The lowest BCUT2D eigenvalue weighted by Crippen LogP contribution is -2.39. The molecule has 0 radical (unpaired) electrons. The van der Waals surface area contributed by atoms with Crippen LogP contribution in [0.4, 0.5) is 27.1 Å². The van der Waals surface area contributed by atoms with Gasteiger partial charge in [-0.3, -0.25) is 4.79 Å². The summed E-state index contributed by atoms with van der Waals surface area (Å²) in [5, 5.41) is 12.4. The molecule has 1 aliphatic heterocycles. The second-order valence-electron chi connectivity index (χ2n) is 9.06. The molecular weight excluding hydrogens is 441 g/mol. The molecule has 0 atom stereocenters.